The maximum atomic E-state index is 11.8. The van der Waals surface area contributed by atoms with Crippen molar-refractivity contribution in [3.63, 3.8) is 0 Å². The van der Waals surface area contributed by atoms with Crippen LogP contribution in [0, 0.1) is 5.92 Å². The van der Waals surface area contributed by atoms with Crippen LogP contribution in [-0.4, -0.2) is 42.9 Å². The van der Waals surface area contributed by atoms with E-state index in [1.807, 2.05) is 0 Å². The van der Waals surface area contributed by atoms with E-state index in [0.717, 1.165) is 45.2 Å². The fourth-order valence-corrected chi connectivity index (χ4v) is 3.36. The second kappa shape index (κ2) is 6.32. The summed E-state index contributed by atoms with van der Waals surface area (Å²) < 4.78 is 4.65. The van der Waals surface area contributed by atoms with Crippen molar-refractivity contribution in [3.8, 4) is 0 Å². The largest absolute Gasteiger partial charge is 0.469 e. The fraction of sp³-hybridized carbons (Fsp3) is 0.857. The maximum Gasteiger partial charge on any atom is 0.305 e. The molecular formula is C14H23NO3. The molecule has 2 unspecified atom stereocenters. The van der Waals surface area contributed by atoms with Crippen LogP contribution in [0.15, 0.2) is 0 Å². The van der Waals surface area contributed by atoms with Gasteiger partial charge in [-0.15, -0.1) is 0 Å². The number of Topliss-reactive ketones (excluding diaryl/α,β-unsaturated/α-hetero) is 1. The Morgan fingerprint density at radius 1 is 1.39 bits per heavy atom. The number of esters is 1. The Kier molecular flexibility index (Phi) is 4.75. The standard InChI is InChI=1S/C14H23NO3/c1-18-14(17)8-4-10-15-9-3-6-12(15)11-5-2-7-13(11)16/h11-12H,2-10H2,1H3. The molecule has 0 amide bonds. The third kappa shape index (κ3) is 3.10. The minimum atomic E-state index is -0.136. The number of nitrogens with zero attached hydrogens (tertiary/aromatic N) is 1. The minimum absolute atomic E-state index is 0.136. The number of hydrogen-bond acceptors (Lipinski definition) is 4. The van der Waals surface area contributed by atoms with E-state index in [0.29, 0.717) is 18.2 Å². The zero-order valence-corrected chi connectivity index (χ0v) is 11.2. The van der Waals surface area contributed by atoms with E-state index in [4.69, 9.17) is 0 Å². The summed E-state index contributed by atoms with van der Waals surface area (Å²) >= 11 is 0. The molecule has 1 aliphatic heterocycles. The molecule has 0 radical (unpaired) electrons. The normalized spacial score (nSPS) is 28.8. The molecule has 2 atom stereocenters. The van der Waals surface area contributed by atoms with Crippen molar-refractivity contribution in [2.45, 2.75) is 51.0 Å². The lowest BCUT2D eigenvalue weighted by Crippen LogP contribution is -2.38. The van der Waals surface area contributed by atoms with Gasteiger partial charge in [0.1, 0.15) is 5.78 Å². The number of ketones is 1. The van der Waals surface area contributed by atoms with Gasteiger partial charge in [0.25, 0.3) is 0 Å². The average Bonchev–Trinajstić information content (AvgIpc) is 2.97. The monoisotopic (exact) mass is 253 g/mol. The smallest absolute Gasteiger partial charge is 0.305 e. The van der Waals surface area contributed by atoms with Crippen LogP contribution in [-0.2, 0) is 14.3 Å². The fourth-order valence-electron chi connectivity index (χ4n) is 3.36. The Hall–Kier alpha value is -0.900. The van der Waals surface area contributed by atoms with Crippen molar-refractivity contribution in [1.82, 2.24) is 4.90 Å². The molecule has 2 rings (SSSR count). The van der Waals surface area contributed by atoms with E-state index in [1.54, 1.807) is 0 Å². The number of likely N-dealkylation sites (tertiary alicyclic amines) is 1. The first-order chi connectivity index (χ1) is 8.72. The SMILES string of the molecule is COC(=O)CCCN1CCCC1C1CCCC1=O. The van der Waals surface area contributed by atoms with Gasteiger partial charge in [0.15, 0.2) is 0 Å². The molecule has 0 bridgehead atoms. The quantitative estimate of drug-likeness (QED) is 0.701. The third-order valence-corrected chi connectivity index (χ3v) is 4.28. The third-order valence-electron chi connectivity index (χ3n) is 4.28. The molecule has 0 aromatic heterocycles. The highest BCUT2D eigenvalue weighted by Crippen LogP contribution is 2.33. The van der Waals surface area contributed by atoms with Gasteiger partial charge >= 0.3 is 5.97 Å². The highest BCUT2D eigenvalue weighted by atomic mass is 16.5. The predicted molar refractivity (Wildman–Crippen MR) is 68.2 cm³/mol. The van der Waals surface area contributed by atoms with Crippen LogP contribution >= 0.6 is 0 Å². The number of rotatable bonds is 5. The summed E-state index contributed by atoms with van der Waals surface area (Å²) in [6.07, 6.45) is 6.56. The summed E-state index contributed by atoms with van der Waals surface area (Å²) in [5.74, 6) is 0.591. The first kappa shape index (κ1) is 13.5. The summed E-state index contributed by atoms with van der Waals surface area (Å²) in [7, 11) is 1.43. The van der Waals surface area contributed by atoms with Crippen LogP contribution in [0.1, 0.15) is 44.9 Å². The summed E-state index contributed by atoms with van der Waals surface area (Å²) in [4.78, 5) is 25.3. The molecule has 1 saturated heterocycles. The number of methoxy groups -OCH3 is 1. The summed E-state index contributed by atoms with van der Waals surface area (Å²) in [6, 6.07) is 0.442. The second-order valence-corrected chi connectivity index (χ2v) is 5.39. The van der Waals surface area contributed by atoms with Gasteiger partial charge in [-0.05, 0) is 45.2 Å². The highest BCUT2D eigenvalue weighted by molar-refractivity contribution is 5.83. The van der Waals surface area contributed by atoms with E-state index in [1.165, 1.54) is 13.5 Å². The molecule has 1 saturated carbocycles. The number of ether oxygens (including phenoxy) is 1. The average molecular weight is 253 g/mol. The van der Waals surface area contributed by atoms with Crippen molar-refractivity contribution < 1.29 is 14.3 Å². The molecule has 4 nitrogen and oxygen atoms in total. The molecular weight excluding hydrogens is 230 g/mol. The molecule has 1 heterocycles. The molecule has 0 aromatic rings. The Morgan fingerprint density at radius 3 is 2.89 bits per heavy atom. The first-order valence-corrected chi connectivity index (χ1v) is 7.06. The van der Waals surface area contributed by atoms with Gasteiger partial charge in [-0.25, -0.2) is 0 Å². The molecule has 0 N–H and O–H groups in total. The molecule has 102 valence electrons. The van der Waals surface area contributed by atoms with Gasteiger partial charge in [0, 0.05) is 24.8 Å². The van der Waals surface area contributed by atoms with E-state index in [2.05, 4.69) is 9.64 Å². The zero-order valence-electron chi connectivity index (χ0n) is 11.2. The Morgan fingerprint density at radius 2 is 2.22 bits per heavy atom. The second-order valence-electron chi connectivity index (χ2n) is 5.39. The van der Waals surface area contributed by atoms with Crippen LogP contribution in [0.2, 0.25) is 0 Å². The van der Waals surface area contributed by atoms with Crippen molar-refractivity contribution in [3.05, 3.63) is 0 Å². The lowest BCUT2D eigenvalue weighted by molar-refractivity contribution is -0.140. The summed E-state index contributed by atoms with van der Waals surface area (Å²) in [5.41, 5.74) is 0. The van der Waals surface area contributed by atoms with Crippen molar-refractivity contribution in [1.29, 1.82) is 0 Å². The van der Waals surface area contributed by atoms with Gasteiger partial charge in [0.2, 0.25) is 0 Å². The number of carbonyl (C=O) groups is 2. The molecule has 0 spiro atoms. The van der Waals surface area contributed by atoms with Gasteiger partial charge in [-0.3, -0.25) is 14.5 Å². The van der Waals surface area contributed by atoms with Gasteiger partial charge in [-0.2, -0.15) is 0 Å². The van der Waals surface area contributed by atoms with Gasteiger partial charge in [0.05, 0.1) is 7.11 Å². The van der Waals surface area contributed by atoms with E-state index < -0.39 is 0 Å². The van der Waals surface area contributed by atoms with Crippen molar-refractivity contribution in [2.24, 2.45) is 5.92 Å². The molecule has 18 heavy (non-hydrogen) atoms. The van der Waals surface area contributed by atoms with Gasteiger partial charge in [-0.1, -0.05) is 0 Å². The Balaban J connectivity index is 1.80. The molecule has 4 heteroatoms. The Bertz CT molecular complexity index is 316. The number of carbonyl (C=O) groups excluding carboxylic acids is 2. The van der Waals surface area contributed by atoms with Crippen LogP contribution < -0.4 is 0 Å². The maximum absolute atomic E-state index is 11.8. The topological polar surface area (TPSA) is 46.6 Å². The first-order valence-electron chi connectivity index (χ1n) is 7.06. The van der Waals surface area contributed by atoms with Crippen molar-refractivity contribution >= 4 is 11.8 Å². The van der Waals surface area contributed by atoms with E-state index >= 15 is 0 Å². The van der Waals surface area contributed by atoms with Crippen LogP contribution in [0.3, 0.4) is 0 Å². The minimum Gasteiger partial charge on any atom is -0.469 e. The predicted octanol–water partition coefficient (Wildman–Crippen LogP) is 1.77. The van der Waals surface area contributed by atoms with Crippen LogP contribution in [0.4, 0.5) is 0 Å². The van der Waals surface area contributed by atoms with E-state index in [9.17, 15) is 9.59 Å². The van der Waals surface area contributed by atoms with Crippen LogP contribution in [0.25, 0.3) is 0 Å². The molecule has 2 fully saturated rings. The van der Waals surface area contributed by atoms with Crippen molar-refractivity contribution in [2.75, 3.05) is 20.2 Å². The van der Waals surface area contributed by atoms with E-state index in [-0.39, 0.29) is 11.9 Å². The Labute approximate surface area is 109 Å². The highest BCUT2D eigenvalue weighted by Gasteiger charge is 2.37. The van der Waals surface area contributed by atoms with Crippen LogP contribution in [0.5, 0.6) is 0 Å². The zero-order chi connectivity index (χ0) is 13.0. The lowest BCUT2D eigenvalue weighted by atomic mass is 9.95. The molecule has 2 aliphatic rings. The molecule has 1 aliphatic carbocycles. The van der Waals surface area contributed by atoms with Gasteiger partial charge < -0.3 is 4.74 Å². The number of hydrogen-bond donors (Lipinski definition) is 0. The summed E-state index contributed by atoms with van der Waals surface area (Å²) in [5, 5.41) is 0. The molecule has 0 aromatic carbocycles. The summed E-state index contributed by atoms with van der Waals surface area (Å²) in [6.45, 7) is 2.00. The lowest BCUT2D eigenvalue weighted by Gasteiger charge is -2.28.